The number of rotatable bonds is 6. The average Bonchev–Trinajstić information content (AvgIpc) is 3.26. The van der Waals surface area contributed by atoms with Gasteiger partial charge in [-0.15, -0.1) is 0 Å². The van der Waals surface area contributed by atoms with Crippen molar-refractivity contribution in [2.75, 3.05) is 26.2 Å². The lowest BCUT2D eigenvalue weighted by molar-refractivity contribution is -0.130. The van der Waals surface area contributed by atoms with Gasteiger partial charge in [0.25, 0.3) is 0 Å². The van der Waals surface area contributed by atoms with Crippen molar-refractivity contribution in [2.24, 2.45) is 11.7 Å². The van der Waals surface area contributed by atoms with Crippen LogP contribution in [0.1, 0.15) is 24.8 Å². The topological polar surface area (TPSA) is 49.6 Å². The van der Waals surface area contributed by atoms with Gasteiger partial charge in [-0.3, -0.25) is 9.69 Å². The quantitative estimate of drug-likeness (QED) is 0.862. The second-order valence-electron chi connectivity index (χ2n) is 6.36. The summed E-state index contributed by atoms with van der Waals surface area (Å²) in [5.74, 6) is 0.726. The number of nitrogens with zero attached hydrogens (tertiary/aromatic N) is 2. The van der Waals surface area contributed by atoms with Crippen molar-refractivity contribution in [2.45, 2.75) is 31.8 Å². The standard InChI is InChI=1S/C17H25N3O/c18-10-17(21)20(16-6-7-16)13-15-8-9-19(12-15)11-14-4-2-1-3-5-14/h1-5,15-16H,6-13,18H2/t15-/m1/s1. The predicted octanol–water partition coefficient (Wildman–Crippen LogP) is 1.46. The van der Waals surface area contributed by atoms with Crippen molar-refractivity contribution < 1.29 is 4.79 Å². The second kappa shape index (κ2) is 6.58. The van der Waals surface area contributed by atoms with Crippen molar-refractivity contribution in [3.63, 3.8) is 0 Å². The van der Waals surface area contributed by atoms with Crippen molar-refractivity contribution in [3.05, 3.63) is 35.9 Å². The second-order valence-corrected chi connectivity index (χ2v) is 6.36. The number of nitrogens with two attached hydrogens (primary N) is 1. The zero-order chi connectivity index (χ0) is 14.7. The van der Waals surface area contributed by atoms with E-state index in [1.165, 1.54) is 12.0 Å². The molecule has 1 amide bonds. The lowest BCUT2D eigenvalue weighted by atomic mass is 10.1. The van der Waals surface area contributed by atoms with Gasteiger partial charge in [0.1, 0.15) is 0 Å². The Morgan fingerprint density at radius 3 is 2.67 bits per heavy atom. The fourth-order valence-corrected chi connectivity index (χ4v) is 3.28. The van der Waals surface area contributed by atoms with E-state index in [2.05, 4.69) is 35.2 Å². The Morgan fingerprint density at radius 2 is 2.00 bits per heavy atom. The molecule has 1 aliphatic carbocycles. The Kier molecular flexibility index (Phi) is 4.56. The third kappa shape index (κ3) is 3.83. The lowest BCUT2D eigenvalue weighted by Gasteiger charge is -2.25. The van der Waals surface area contributed by atoms with Crippen LogP contribution in [0.2, 0.25) is 0 Å². The highest BCUT2D eigenvalue weighted by atomic mass is 16.2. The molecule has 0 bridgehead atoms. The predicted molar refractivity (Wildman–Crippen MR) is 83.6 cm³/mol. The number of hydrogen-bond donors (Lipinski definition) is 1. The summed E-state index contributed by atoms with van der Waals surface area (Å²) in [5.41, 5.74) is 6.91. The molecule has 2 fully saturated rings. The normalized spacial score (nSPS) is 22.4. The summed E-state index contributed by atoms with van der Waals surface area (Å²) in [7, 11) is 0. The van der Waals surface area contributed by atoms with Crippen LogP contribution < -0.4 is 5.73 Å². The van der Waals surface area contributed by atoms with Crippen LogP contribution >= 0.6 is 0 Å². The maximum atomic E-state index is 11.9. The third-order valence-electron chi connectivity index (χ3n) is 4.56. The van der Waals surface area contributed by atoms with Crippen molar-refractivity contribution in [3.8, 4) is 0 Å². The van der Waals surface area contributed by atoms with Gasteiger partial charge in [-0.1, -0.05) is 30.3 Å². The van der Waals surface area contributed by atoms with Crippen LogP contribution in [0.4, 0.5) is 0 Å². The van der Waals surface area contributed by atoms with Gasteiger partial charge in [0.05, 0.1) is 6.54 Å². The van der Waals surface area contributed by atoms with E-state index in [-0.39, 0.29) is 12.5 Å². The average molecular weight is 287 g/mol. The minimum Gasteiger partial charge on any atom is -0.338 e. The summed E-state index contributed by atoms with van der Waals surface area (Å²) in [6, 6.07) is 11.1. The van der Waals surface area contributed by atoms with Crippen LogP contribution in [0.15, 0.2) is 30.3 Å². The Labute approximate surface area is 126 Å². The first-order valence-corrected chi connectivity index (χ1v) is 8.02. The zero-order valence-electron chi connectivity index (χ0n) is 12.6. The molecule has 4 heteroatoms. The van der Waals surface area contributed by atoms with Crippen LogP contribution in [-0.2, 0) is 11.3 Å². The van der Waals surface area contributed by atoms with Crippen molar-refractivity contribution in [1.29, 1.82) is 0 Å². The fourth-order valence-electron chi connectivity index (χ4n) is 3.28. The number of benzene rings is 1. The van der Waals surface area contributed by atoms with E-state index in [1.54, 1.807) is 0 Å². The van der Waals surface area contributed by atoms with Gasteiger partial charge in [-0.25, -0.2) is 0 Å². The first-order valence-electron chi connectivity index (χ1n) is 8.02. The summed E-state index contributed by atoms with van der Waals surface area (Å²) in [5, 5.41) is 0. The molecule has 1 aromatic rings. The third-order valence-corrected chi connectivity index (χ3v) is 4.56. The van der Waals surface area contributed by atoms with Crippen molar-refractivity contribution >= 4 is 5.91 Å². The van der Waals surface area contributed by atoms with Crippen LogP contribution in [0, 0.1) is 5.92 Å². The molecule has 0 radical (unpaired) electrons. The first kappa shape index (κ1) is 14.5. The van der Waals surface area contributed by atoms with Gasteiger partial charge in [0, 0.05) is 25.7 Å². The molecule has 3 rings (SSSR count). The molecule has 21 heavy (non-hydrogen) atoms. The molecule has 2 aliphatic rings. The molecule has 2 N–H and O–H groups in total. The minimum absolute atomic E-state index is 0.124. The van der Waals surface area contributed by atoms with Gasteiger partial charge >= 0.3 is 0 Å². The van der Waals surface area contributed by atoms with E-state index >= 15 is 0 Å². The highest BCUT2D eigenvalue weighted by molar-refractivity contribution is 5.78. The molecule has 1 aromatic carbocycles. The van der Waals surface area contributed by atoms with Crippen LogP contribution in [-0.4, -0.2) is 47.9 Å². The minimum atomic E-state index is 0.124. The molecule has 0 unspecified atom stereocenters. The number of carbonyl (C=O) groups excluding carboxylic acids is 1. The Bertz CT molecular complexity index is 472. The monoisotopic (exact) mass is 287 g/mol. The molecule has 1 saturated heterocycles. The Hall–Kier alpha value is -1.39. The molecule has 0 spiro atoms. The molecular weight excluding hydrogens is 262 g/mol. The van der Waals surface area contributed by atoms with E-state index in [0.717, 1.165) is 39.0 Å². The number of amides is 1. The largest absolute Gasteiger partial charge is 0.338 e. The zero-order valence-corrected chi connectivity index (χ0v) is 12.6. The van der Waals surface area contributed by atoms with E-state index in [0.29, 0.717) is 12.0 Å². The summed E-state index contributed by atoms with van der Waals surface area (Å²) in [4.78, 5) is 16.5. The molecule has 1 aliphatic heterocycles. The highest BCUT2D eigenvalue weighted by Crippen LogP contribution is 2.29. The van der Waals surface area contributed by atoms with Crippen LogP contribution in [0.3, 0.4) is 0 Å². The van der Waals surface area contributed by atoms with E-state index in [1.807, 2.05) is 4.90 Å². The van der Waals surface area contributed by atoms with Gasteiger partial charge in [0.2, 0.25) is 5.91 Å². The molecule has 1 atom stereocenters. The van der Waals surface area contributed by atoms with Crippen molar-refractivity contribution in [1.82, 2.24) is 9.80 Å². The molecule has 1 heterocycles. The lowest BCUT2D eigenvalue weighted by Crippen LogP contribution is -2.41. The molecule has 0 aromatic heterocycles. The summed E-state index contributed by atoms with van der Waals surface area (Å²) >= 11 is 0. The summed E-state index contributed by atoms with van der Waals surface area (Å²) in [6.45, 7) is 4.29. The SMILES string of the molecule is NCC(=O)N(C[C@@H]1CCN(Cc2ccccc2)C1)C1CC1. The van der Waals surface area contributed by atoms with Crippen LogP contribution in [0.25, 0.3) is 0 Å². The van der Waals surface area contributed by atoms with E-state index < -0.39 is 0 Å². The molecule has 1 saturated carbocycles. The number of likely N-dealkylation sites (tertiary alicyclic amines) is 1. The van der Waals surface area contributed by atoms with Gasteiger partial charge in [-0.2, -0.15) is 0 Å². The summed E-state index contributed by atoms with van der Waals surface area (Å²) < 4.78 is 0. The summed E-state index contributed by atoms with van der Waals surface area (Å²) in [6.07, 6.45) is 3.51. The fraction of sp³-hybridized carbons (Fsp3) is 0.588. The van der Waals surface area contributed by atoms with E-state index in [9.17, 15) is 4.79 Å². The first-order chi connectivity index (χ1) is 10.3. The smallest absolute Gasteiger partial charge is 0.236 e. The maximum absolute atomic E-state index is 11.9. The maximum Gasteiger partial charge on any atom is 0.236 e. The number of hydrogen-bond acceptors (Lipinski definition) is 3. The molecular formula is C17H25N3O. The van der Waals surface area contributed by atoms with Gasteiger partial charge < -0.3 is 10.6 Å². The highest BCUT2D eigenvalue weighted by Gasteiger charge is 2.34. The Morgan fingerprint density at radius 1 is 1.24 bits per heavy atom. The molecule has 4 nitrogen and oxygen atoms in total. The van der Waals surface area contributed by atoms with Gasteiger partial charge in [0.15, 0.2) is 0 Å². The Balaban J connectivity index is 1.51. The molecule has 114 valence electrons. The van der Waals surface area contributed by atoms with E-state index in [4.69, 9.17) is 5.73 Å². The van der Waals surface area contributed by atoms with Crippen LogP contribution in [0.5, 0.6) is 0 Å². The number of carbonyl (C=O) groups is 1. The van der Waals surface area contributed by atoms with Gasteiger partial charge in [-0.05, 0) is 37.3 Å².